The van der Waals surface area contributed by atoms with Crippen molar-refractivity contribution < 1.29 is 17.9 Å². The number of ether oxygens (including phenoxy) is 1. The van der Waals surface area contributed by atoms with E-state index >= 15 is 0 Å². The van der Waals surface area contributed by atoms with E-state index in [9.17, 15) is 22.8 Å². The van der Waals surface area contributed by atoms with Crippen LogP contribution in [-0.4, -0.2) is 52.0 Å². The van der Waals surface area contributed by atoms with Crippen molar-refractivity contribution in [2.45, 2.75) is 51.7 Å². The van der Waals surface area contributed by atoms with E-state index in [0.717, 1.165) is 11.3 Å². The Hall–Kier alpha value is -2.85. The third kappa shape index (κ3) is 4.24. The molecule has 4 rings (SSSR count). The zero-order valence-corrected chi connectivity index (χ0v) is 18.1. The van der Waals surface area contributed by atoms with Gasteiger partial charge in [0.05, 0.1) is 24.6 Å². The summed E-state index contributed by atoms with van der Waals surface area (Å²) in [5.74, 6) is 0.399. The third-order valence-electron chi connectivity index (χ3n) is 5.60. The van der Waals surface area contributed by atoms with E-state index in [1.807, 2.05) is 4.90 Å². The van der Waals surface area contributed by atoms with Gasteiger partial charge in [-0.2, -0.15) is 18.4 Å². The van der Waals surface area contributed by atoms with Gasteiger partial charge in [-0.25, -0.2) is 4.79 Å². The minimum atomic E-state index is -4.71. The number of alkyl halides is 3. The highest BCUT2D eigenvalue weighted by Gasteiger charge is 2.32. The molecule has 2 aliphatic heterocycles. The molecule has 0 saturated carbocycles. The van der Waals surface area contributed by atoms with Crippen LogP contribution in [0.1, 0.15) is 23.3 Å². The van der Waals surface area contributed by atoms with Crippen molar-refractivity contribution in [2.24, 2.45) is 4.99 Å². The normalized spacial score (nSPS) is 20.3. The number of aryl methyl sites for hydroxylation is 1. The highest BCUT2D eigenvalue weighted by Crippen LogP contribution is 2.30. The summed E-state index contributed by atoms with van der Waals surface area (Å²) in [5.41, 5.74) is -1.41. The van der Waals surface area contributed by atoms with Gasteiger partial charge in [-0.3, -0.25) is 13.9 Å². The number of guanidine groups is 1. The Morgan fingerprint density at radius 1 is 1.34 bits per heavy atom. The van der Waals surface area contributed by atoms with E-state index in [1.165, 1.54) is 15.9 Å². The Kier molecular flexibility index (Phi) is 6.00. The maximum Gasteiger partial charge on any atom is 0.406 e. The lowest BCUT2D eigenvalue weighted by Gasteiger charge is -2.16. The molecule has 2 fully saturated rings. The molecule has 4 heterocycles. The van der Waals surface area contributed by atoms with E-state index in [-0.39, 0.29) is 22.6 Å². The fourth-order valence-electron chi connectivity index (χ4n) is 4.07. The molecule has 1 N–H and O–H groups in total. The number of fused-ring (bicyclic) bond motifs is 1. The van der Waals surface area contributed by atoms with E-state index in [2.05, 4.69) is 10.3 Å². The maximum absolute atomic E-state index is 13.1. The first-order valence-corrected chi connectivity index (χ1v) is 10.9. The zero-order chi connectivity index (χ0) is 23.0. The van der Waals surface area contributed by atoms with Gasteiger partial charge in [-0.15, -0.1) is 16.3 Å². The van der Waals surface area contributed by atoms with E-state index in [0.29, 0.717) is 49.0 Å². The average molecular weight is 470 g/mol. The number of hydrogen-bond acceptors (Lipinski definition) is 6. The van der Waals surface area contributed by atoms with Crippen LogP contribution in [0.25, 0.3) is 10.2 Å². The summed E-state index contributed by atoms with van der Waals surface area (Å²) in [4.78, 5) is 32.6. The summed E-state index contributed by atoms with van der Waals surface area (Å²) in [6, 6.07) is 0. The van der Waals surface area contributed by atoms with Gasteiger partial charge in [0.15, 0.2) is 0 Å². The molecule has 32 heavy (non-hydrogen) atoms. The lowest BCUT2D eigenvalue weighted by atomic mass is 10.2. The SMILES string of the molecule is Cc1c(CN2CCN/C2=N\C#N)sc2c1c(=O)n(CC(F)(F)F)c(=O)n2CC1CCCO1. The number of hydrogen-bond donors (Lipinski definition) is 1. The summed E-state index contributed by atoms with van der Waals surface area (Å²) >= 11 is 1.20. The Morgan fingerprint density at radius 3 is 2.78 bits per heavy atom. The van der Waals surface area contributed by atoms with Crippen molar-refractivity contribution in [2.75, 3.05) is 19.7 Å². The fourth-order valence-corrected chi connectivity index (χ4v) is 5.38. The molecule has 0 aromatic carbocycles. The Bertz CT molecular complexity index is 1220. The van der Waals surface area contributed by atoms with Gasteiger partial charge >= 0.3 is 11.9 Å². The quantitative estimate of drug-likeness (QED) is 0.665. The molecule has 9 nitrogen and oxygen atoms in total. The summed E-state index contributed by atoms with van der Waals surface area (Å²) in [6.07, 6.45) is -1.78. The molecule has 0 amide bonds. The van der Waals surface area contributed by atoms with Crippen molar-refractivity contribution in [1.82, 2.24) is 19.4 Å². The Balaban J connectivity index is 1.85. The predicted molar refractivity (Wildman–Crippen MR) is 112 cm³/mol. The second-order valence-corrected chi connectivity index (χ2v) is 8.83. The molecule has 2 aliphatic rings. The molecule has 13 heteroatoms. The predicted octanol–water partition coefficient (Wildman–Crippen LogP) is 1.52. The number of aliphatic imine (C=N–C) groups is 1. The zero-order valence-electron chi connectivity index (χ0n) is 17.2. The van der Waals surface area contributed by atoms with E-state index < -0.39 is 24.0 Å². The van der Waals surface area contributed by atoms with Crippen molar-refractivity contribution in [3.63, 3.8) is 0 Å². The van der Waals surface area contributed by atoms with Crippen molar-refractivity contribution in [3.05, 3.63) is 31.3 Å². The minimum absolute atomic E-state index is 0.0826. The molecule has 2 saturated heterocycles. The van der Waals surface area contributed by atoms with Crippen LogP contribution in [-0.2, 0) is 24.4 Å². The topological polar surface area (TPSA) is 105 Å². The second-order valence-electron chi connectivity index (χ2n) is 7.75. The van der Waals surface area contributed by atoms with E-state index in [4.69, 9.17) is 10.00 Å². The second kappa shape index (κ2) is 8.59. The highest BCUT2D eigenvalue weighted by atomic mass is 32.1. The first kappa shape index (κ1) is 22.3. The van der Waals surface area contributed by atoms with Crippen molar-refractivity contribution >= 4 is 27.5 Å². The van der Waals surface area contributed by atoms with Crippen molar-refractivity contribution in [3.8, 4) is 6.19 Å². The first-order valence-electron chi connectivity index (χ1n) is 10.1. The molecule has 0 spiro atoms. The largest absolute Gasteiger partial charge is 0.406 e. The van der Waals surface area contributed by atoms with Gasteiger partial charge in [0.2, 0.25) is 12.2 Å². The lowest BCUT2D eigenvalue weighted by Crippen LogP contribution is -2.44. The first-order chi connectivity index (χ1) is 15.2. The van der Waals surface area contributed by atoms with Crippen LogP contribution in [0.5, 0.6) is 0 Å². The molecule has 172 valence electrons. The van der Waals surface area contributed by atoms with Crippen molar-refractivity contribution in [1.29, 1.82) is 5.26 Å². The van der Waals surface area contributed by atoms with Crippen LogP contribution in [0.15, 0.2) is 14.6 Å². The van der Waals surface area contributed by atoms with Crippen LogP contribution in [0, 0.1) is 18.4 Å². The highest BCUT2D eigenvalue weighted by molar-refractivity contribution is 7.18. The van der Waals surface area contributed by atoms with Gasteiger partial charge in [-0.05, 0) is 25.3 Å². The molecule has 0 bridgehead atoms. The van der Waals surface area contributed by atoms with E-state index in [1.54, 1.807) is 13.1 Å². The monoisotopic (exact) mass is 470 g/mol. The number of aromatic nitrogens is 2. The van der Waals surface area contributed by atoms with Gasteiger partial charge in [0.1, 0.15) is 11.4 Å². The number of thiophene rings is 1. The molecule has 2 aromatic rings. The van der Waals surface area contributed by atoms with Gasteiger partial charge < -0.3 is 15.0 Å². The molecule has 1 atom stereocenters. The van der Waals surface area contributed by atoms with Crippen LogP contribution in [0.3, 0.4) is 0 Å². The smallest absolute Gasteiger partial charge is 0.376 e. The maximum atomic E-state index is 13.1. The van der Waals surface area contributed by atoms with Crippen LogP contribution in [0.4, 0.5) is 13.2 Å². The van der Waals surface area contributed by atoms with Crippen LogP contribution < -0.4 is 16.6 Å². The van der Waals surface area contributed by atoms with Crippen LogP contribution >= 0.6 is 11.3 Å². The number of rotatable bonds is 5. The van der Waals surface area contributed by atoms with Gasteiger partial charge in [0.25, 0.3) is 5.56 Å². The molecule has 2 aromatic heterocycles. The number of nitrogens with one attached hydrogen (secondary N) is 1. The minimum Gasteiger partial charge on any atom is -0.376 e. The lowest BCUT2D eigenvalue weighted by molar-refractivity contribution is -0.141. The van der Waals surface area contributed by atoms with Crippen LogP contribution in [0.2, 0.25) is 0 Å². The third-order valence-corrected chi connectivity index (χ3v) is 6.89. The summed E-state index contributed by atoms with van der Waals surface area (Å²) in [6.45, 7) is 2.11. The molecule has 1 unspecified atom stereocenters. The Morgan fingerprint density at radius 2 is 2.12 bits per heavy atom. The fraction of sp³-hybridized carbons (Fsp3) is 0.579. The molecular formula is C19H21F3N6O3S. The number of nitrogens with zero attached hydrogens (tertiary/aromatic N) is 5. The molecular weight excluding hydrogens is 449 g/mol. The molecule has 0 radical (unpaired) electrons. The average Bonchev–Trinajstić information content (AvgIpc) is 3.45. The molecule has 0 aliphatic carbocycles. The number of halogens is 3. The summed E-state index contributed by atoms with van der Waals surface area (Å²) in [7, 11) is 0. The van der Waals surface area contributed by atoms with Gasteiger partial charge in [0, 0.05) is 24.6 Å². The standard InChI is InChI=1S/C19H21F3N6O3S/c1-11-13(8-26-5-4-24-17(26)25-10-23)32-16-14(11)15(29)28(9-19(20,21)22)18(30)27(16)7-12-3-2-6-31-12/h12H,2-9H2,1H3,(H,24,25). The number of nitriles is 1. The summed E-state index contributed by atoms with van der Waals surface area (Å²) in [5, 5.41) is 12.0. The Labute approximate surface area is 184 Å². The summed E-state index contributed by atoms with van der Waals surface area (Å²) < 4.78 is 46.5. The van der Waals surface area contributed by atoms with Gasteiger partial charge in [-0.1, -0.05) is 0 Å².